The zero-order valence-electron chi connectivity index (χ0n) is 22.0. The maximum Gasteiger partial charge on any atom is 1.00 e. The molecule has 0 saturated carbocycles. The quantitative estimate of drug-likeness (QED) is 0.150. The van der Waals surface area contributed by atoms with E-state index in [2.05, 4.69) is 20.5 Å². The van der Waals surface area contributed by atoms with Crippen LogP contribution in [0.2, 0.25) is 0 Å². The number of phenols is 2. The van der Waals surface area contributed by atoms with Crippen LogP contribution in [0.1, 0.15) is 0 Å². The van der Waals surface area contributed by atoms with E-state index in [-0.39, 0.29) is 82.3 Å². The van der Waals surface area contributed by atoms with Crippen LogP contribution in [-0.2, 0) is 20.2 Å². The minimum Gasteiger partial charge on any atom is -0.744 e. The van der Waals surface area contributed by atoms with Crippen LogP contribution in [0.25, 0.3) is 21.5 Å². The number of hydrogen-bond acceptors (Lipinski definition) is 12. The Bertz CT molecular complexity index is 2110. The summed E-state index contributed by atoms with van der Waals surface area (Å²) >= 11 is 0. The van der Waals surface area contributed by atoms with E-state index in [4.69, 9.17) is 0 Å². The molecule has 202 valence electrons. The molecule has 0 aliphatic rings. The fourth-order valence-corrected chi connectivity index (χ4v) is 5.19. The van der Waals surface area contributed by atoms with Crippen molar-refractivity contribution in [2.75, 3.05) is 0 Å². The summed E-state index contributed by atoms with van der Waals surface area (Å²) in [6.07, 6.45) is 0. The Hall–Kier alpha value is -2.76. The number of hydrogen-bond donors (Lipinski definition) is 2. The number of fused-ring (bicyclic) bond motifs is 2. The van der Waals surface area contributed by atoms with Crippen molar-refractivity contribution in [1.82, 2.24) is 0 Å². The second-order valence-electron chi connectivity index (χ2n) is 8.40. The number of benzene rings is 5. The molecule has 12 nitrogen and oxygen atoms in total. The van der Waals surface area contributed by atoms with Gasteiger partial charge in [0.25, 0.3) is 0 Å². The average Bonchev–Trinajstić information content (AvgIpc) is 2.91. The molecule has 5 aromatic rings. The smallest absolute Gasteiger partial charge is 0.744 e. The minimum atomic E-state index is -5.35. The molecule has 0 saturated heterocycles. The van der Waals surface area contributed by atoms with E-state index in [9.17, 15) is 36.2 Å². The van der Waals surface area contributed by atoms with E-state index in [1.54, 1.807) is 42.5 Å². The van der Waals surface area contributed by atoms with Crippen molar-refractivity contribution in [3.05, 3.63) is 84.9 Å². The van der Waals surface area contributed by atoms with Gasteiger partial charge in [-0.15, -0.1) is 20.5 Å². The van der Waals surface area contributed by atoms with Crippen molar-refractivity contribution in [3.63, 3.8) is 0 Å². The summed E-state index contributed by atoms with van der Waals surface area (Å²) in [5, 5.41) is 39.5. The van der Waals surface area contributed by atoms with Crippen molar-refractivity contribution in [2.24, 2.45) is 20.5 Å². The third-order valence-corrected chi connectivity index (χ3v) is 7.53. The summed E-state index contributed by atoms with van der Waals surface area (Å²) in [5.41, 5.74) is 0.164. The average molecular weight is 623 g/mol. The molecule has 42 heavy (non-hydrogen) atoms. The van der Waals surface area contributed by atoms with Gasteiger partial charge in [0.1, 0.15) is 37.4 Å². The molecule has 0 amide bonds. The van der Waals surface area contributed by atoms with Crippen LogP contribution in [0.15, 0.2) is 115 Å². The molecule has 2 N–H and O–H groups in total. The predicted molar refractivity (Wildman–Crippen MR) is 142 cm³/mol. The maximum absolute atomic E-state index is 11.5. The zero-order valence-corrected chi connectivity index (χ0v) is 27.7. The molecular formula is C26H16N4Na2O8S2. The molecule has 0 atom stereocenters. The number of azo groups is 2. The standard InChI is InChI=1S/C26H18N4O8S2.2Na/c31-23-12-9-15-5-1-2-6-17(15)25(23)30-28-21-11-10-20(18-7-3-4-8-19(18)21)27-29-22-13-16(39(33,34)35)14-24(26(22)32)40(36,37)38;;/h1-14,31-32H,(H,33,34,35)(H,36,37,38);;/q;2*+1/p-2. The van der Waals surface area contributed by atoms with Crippen molar-refractivity contribution >= 4 is 64.5 Å². The van der Waals surface area contributed by atoms with Crippen LogP contribution < -0.4 is 59.1 Å². The summed E-state index contributed by atoms with van der Waals surface area (Å²) in [6, 6.07) is 21.4. The van der Waals surface area contributed by atoms with E-state index in [1.165, 1.54) is 12.1 Å². The summed E-state index contributed by atoms with van der Waals surface area (Å²) in [6.45, 7) is 0. The Balaban J connectivity index is 0.00000242. The Morgan fingerprint density at radius 3 is 1.67 bits per heavy atom. The number of nitrogens with zero attached hydrogens (tertiary/aromatic N) is 4. The minimum absolute atomic E-state index is 0. The Kier molecular flexibility index (Phi) is 10.7. The molecule has 5 rings (SSSR count). The first-order chi connectivity index (χ1) is 18.9. The van der Waals surface area contributed by atoms with Crippen molar-refractivity contribution in [3.8, 4) is 11.5 Å². The molecular weight excluding hydrogens is 606 g/mol. The van der Waals surface area contributed by atoms with Gasteiger partial charge in [0.15, 0.2) is 5.75 Å². The Morgan fingerprint density at radius 1 is 0.571 bits per heavy atom. The second-order valence-corrected chi connectivity index (χ2v) is 11.1. The molecule has 16 heteroatoms. The van der Waals surface area contributed by atoms with Crippen LogP contribution in [0, 0.1) is 0 Å². The van der Waals surface area contributed by atoms with E-state index >= 15 is 0 Å². The third-order valence-electron chi connectivity index (χ3n) is 5.87. The van der Waals surface area contributed by atoms with Gasteiger partial charge in [-0.3, -0.25) is 0 Å². The molecule has 0 spiro atoms. The van der Waals surface area contributed by atoms with E-state index < -0.39 is 41.5 Å². The van der Waals surface area contributed by atoms with Crippen LogP contribution >= 0.6 is 0 Å². The predicted octanol–water partition coefficient (Wildman–Crippen LogP) is 0.0512. The molecule has 0 aliphatic carbocycles. The van der Waals surface area contributed by atoms with Crippen LogP contribution in [0.4, 0.5) is 22.7 Å². The van der Waals surface area contributed by atoms with Gasteiger partial charge in [0.05, 0.1) is 21.2 Å². The Morgan fingerprint density at radius 2 is 1.10 bits per heavy atom. The number of rotatable bonds is 6. The molecule has 0 bridgehead atoms. The first-order valence-corrected chi connectivity index (χ1v) is 14.1. The van der Waals surface area contributed by atoms with Gasteiger partial charge < -0.3 is 19.3 Å². The van der Waals surface area contributed by atoms with Gasteiger partial charge >= 0.3 is 59.1 Å². The molecule has 5 aromatic carbocycles. The first kappa shape index (κ1) is 33.7. The summed E-state index contributed by atoms with van der Waals surface area (Å²) < 4.78 is 69.0. The normalized spacial score (nSPS) is 12.0. The summed E-state index contributed by atoms with van der Waals surface area (Å²) in [7, 11) is -10.6. The van der Waals surface area contributed by atoms with Gasteiger partial charge in [-0.05, 0) is 35.7 Å². The fourth-order valence-electron chi connectivity index (χ4n) is 3.98. The summed E-state index contributed by atoms with van der Waals surface area (Å²) in [4.78, 5) is -2.40. The van der Waals surface area contributed by atoms with Gasteiger partial charge in [0, 0.05) is 16.2 Å². The monoisotopic (exact) mass is 622 g/mol. The van der Waals surface area contributed by atoms with Gasteiger partial charge in [0.2, 0.25) is 0 Å². The van der Waals surface area contributed by atoms with Crippen LogP contribution in [0.3, 0.4) is 0 Å². The molecule has 0 heterocycles. The summed E-state index contributed by atoms with van der Waals surface area (Å²) in [5.74, 6) is -1.21. The topological polar surface area (TPSA) is 204 Å². The van der Waals surface area contributed by atoms with Gasteiger partial charge in [-0.25, -0.2) is 16.8 Å². The largest absolute Gasteiger partial charge is 1.00 e. The third kappa shape index (κ3) is 7.06. The number of phenolic OH excluding ortho intramolecular Hbond substituents is 2. The molecule has 0 unspecified atom stereocenters. The number of aromatic hydroxyl groups is 2. The van der Waals surface area contributed by atoms with Gasteiger partial charge in [-0.1, -0.05) is 54.6 Å². The molecule has 0 aromatic heterocycles. The van der Waals surface area contributed by atoms with Crippen molar-refractivity contribution in [2.45, 2.75) is 9.79 Å². The molecule has 0 aliphatic heterocycles. The van der Waals surface area contributed by atoms with E-state index in [1.807, 2.05) is 18.2 Å². The fraction of sp³-hybridized carbons (Fsp3) is 0. The molecule has 0 fully saturated rings. The van der Waals surface area contributed by atoms with Crippen molar-refractivity contribution in [1.29, 1.82) is 0 Å². The van der Waals surface area contributed by atoms with Gasteiger partial charge in [-0.2, -0.15) is 0 Å². The van der Waals surface area contributed by atoms with E-state index in [0.29, 0.717) is 27.9 Å². The SMILES string of the molecule is O=S(=O)([O-])c1cc(N=Nc2ccc(N=Nc3c(O)ccc4ccccc34)c3ccccc23)c(O)c(S(=O)(=O)[O-])c1.[Na+].[Na+]. The van der Waals surface area contributed by atoms with Crippen LogP contribution in [-0.4, -0.2) is 36.2 Å². The second kappa shape index (κ2) is 13.3. The molecule has 0 radical (unpaired) electrons. The van der Waals surface area contributed by atoms with Crippen molar-refractivity contribution < 1.29 is 95.3 Å². The van der Waals surface area contributed by atoms with E-state index in [0.717, 1.165) is 5.39 Å². The first-order valence-electron chi connectivity index (χ1n) is 11.3. The maximum atomic E-state index is 11.5. The zero-order chi connectivity index (χ0) is 28.7. The van der Waals surface area contributed by atoms with Crippen LogP contribution in [0.5, 0.6) is 11.5 Å². The Labute approximate surface area is 283 Å².